The fourth-order valence-electron chi connectivity index (χ4n) is 3.64. The number of aryl methyl sites for hydroxylation is 1. The Bertz CT molecular complexity index is 845. The summed E-state index contributed by atoms with van der Waals surface area (Å²) in [5.41, 5.74) is 2.41. The van der Waals surface area contributed by atoms with Crippen LogP contribution < -0.4 is 14.8 Å². The van der Waals surface area contributed by atoms with Gasteiger partial charge in [0.15, 0.2) is 17.5 Å². The van der Waals surface area contributed by atoms with E-state index in [9.17, 15) is 0 Å². The Morgan fingerprint density at radius 1 is 1.21 bits per heavy atom. The van der Waals surface area contributed by atoms with Crippen LogP contribution in [0.1, 0.15) is 23.2 Å². The quantitative estimate of drug-likeness (QED) is 0.578. The summed E-state index contributed by atoms with van der Waals surface area (Å²) >= 11 is 1.70. The van der Waals surface area contributed by atoms with Crippen LogP contribution in [0.25, 0.3) is 0 Å². The molecule has 0 saturated carbocycles. The van der Waals surface area contributed by atoms with Crippen LogP contribution in [0.2, 0.25) is 0 Å². The molecule has 4 rings (SSSR count). The molecule has 2 aliphatic heterocycles. The average molecular weight is 416 g/mol. The summed E-state index contributed by atoms with van der Waals surface area (Å²) in [7, 11) is 0. The number of ether oxygens (including phenoxy) is 2. The van der Waals surface area contributed by atoms with Crippen molar-refractivity contribution in [2.24, 2.45) is 4.99 Å². The number of nitrogens with zero attached hydrogens (tertiary/aromatic N) is 4. The lowest BCUT2D eigenvalue weighted by molar-refractivity contribution is 0.171. The Morgan fingerprint density at radius 2 is 2.03 bits per heavy atom. The van der Waals surface area contributed by atoms with Crippen molar-refractivity contribution < 1.29 is 9.47 Å². The number of benzene rings is 1. The van der Waals surface area contributed by atoms with Gasteiger partial charge in [-0.25, -0.2) is 4.98 Å². The van der Waals surface area contributed by atoms with Crippen molar-refractivity contribution in [2.75, 3.05) is 46.1 Å². The number of hydrogen-bond acceptors (Lipinski definition) is 6. The van der Waals surface area contributed by atoms with Crippen LogP contribution in [0, 0.1) is 6.92 Å². The van der Waals surface area contributed by atoms with Crippen molar-refractivity contribution in [1.82, 2.24) is 20.1 Å². The molecule has 2 aliphatic rings. The summed E-state index contributed by atoms with van der Waals surface area (Å²) in [5.74, 6) is 2.72. The number of hydrogen-bond donors (Lipinski definition) is 1. The minimum atomic E-state index is 0.325. The zero-order valence-electron chi connectivity index (χ0n) is 17.2. The lowest BCUT2D eigenvalue weighted by Crippen LogP contribution is -2.52. The summed E-state index contributed by atoms with van der Waals surface area (Å²) in [6, 6.07) is 6.24. The largest absolute Gasteiger partial charge is 0.454 e. The van der Waals surface area contributed by atoms with E-state index in [1.807, 2.05) is 13.0 Å². The molecule has 8 heteroatoms. The highest BCUT2D eigenvalue weighted by molar-refractivity contribution is 7.09. The molecule has 29 heavy (non-hydrogen) atoms. The van der Waals surface area contributed by atoms with E-state index >= 15 is 0 Å². The van der Waals surface area contributed by atoms with Crippen molar-refractivity contribution >= 4 is 17.3 Å². The third-order valence-electron chi connectivity index (χ3n) is 5.15. The highest BCUT2D eigenvalue weighted by Gasteiger charge is 2.21. The van der Waals surface area contributed by atoms with Crippen LogP contribution in [0.3, 0.4) is 0 Å². The second-order valence-electron chi connectivity index (χ2n) is 7.29. The Morgan fingerprint density at radius 3 is 2.79 bits per heavy atom. The summed E-state index contributed by atoms with van der Waals surface area (Å²) < 4.78 is 10.9. The van der Waals surface area contributed by atoms with Crippen LogP contribution in [0.15, 0.2) is 28.6 Å². The molecule has 1 aromatic heterocycles. The molecule has 1 saturated heterocycles. The molecule has 1 N–H and O–H groups in total. The van der Waals surface area contributed by atoms with E-state index in [-0.39, 0.29) is 0 Å². The minimum Gasteiger partial charge on any atom is -0.454 e. The van der Waals surface area contributed by atoms with Gasteiger partial charge in [-0.05, 0) is 31.5 Å². The Balaban J connectivity index is 1.28. The molecule has 0 spiro atoms. The number of piperazine rings is 1. The number of aliphatic imine (C=N–C) groups is 1. The molecular weight excluding hydrogens is 386 g/mol. The third-order valence-corrected chi connectivity index (χ3v) is 5.97. The van der Waals surface area contributed by atoms with Crippen molar-refractivity contribution in [3.05, 3.63) is 39.8 Å². The molecule has 0 atom stereocenters. The van der Waals surface area contributed by atoms with Crippen LogP contribution >= 0.6 is 11.3 Å². The summed E-state index contributed by atoms with van der Waals surface area (Å²) in [5, 5.41) is 6.70. The maximum Gasteiger partial charge on any atom is 0.231 e. The first-order chi connectivity index (χ1) is 14.2. The average Bonchev–Trinajstić information content (AvgIpc) is 3.36. The second kappa shape index (κ2) is 9.45. The Labute approximate surface area is 176 Å². The van der Waals surface area contributed by atoms with Crippen LogP contribution in [0.5, 0.6) is 11.5 Å². The van der Waals surface area contributed by atoms with Crippen molar-refractivity contribution in [2.45, 2.75) is 26.8 Å². The monoisotopic (exact) mass is 415 g/mol. The summed E-state index contributed by atoms with van der Waals surface area (Å²) in [6.45, 7) is 11.1. The first-order valence-electron chi connectivity index (χ1n) is 10.3. The molecule has 1 aromatic carbocycles. The smallest absolute Gasteiger partial charge is 0.231 e. The molecule has 0 amide bonds. The van der Waals surface area contributed by atoms with E-state index in [1.54, 1.807) is 11.3 Å². The Kier molecular flexibility index (Phi) is 6.51. The highest BCUT2D eigenvalue weighted by Crippen LogP contribution is 2.32. The van der Waals surface area contributed by atoms with Crippen LogP contribution in [0.4, 0.5) is 0 Å². The number of fused-ring (bicyclic) bond motifs is 1. The normalized spacial score (nSPS) is 17.0. The fourth-order valence-corrected chi connectivity index (χ4v) is 4.29. The van der Waals surface area contributed by atoms with E-state index < -0.39 is 0 Å². The van der Waals surface area contributed by atoms with Gasteiger partial charge in [0, 0.05) is 57.6 Å². The zero-order valence-corrected chi connectivity index (χ0v) is 18.0. The minimum absolute atomic E-state index is 0.325. The number of thiazole rings is 1. The molecule has 3 heterocycles. The number of rotatable bonds is 6. The van der Waals surface area contributed by atoms with Gasteiger partial charge in [-0.1, -0.05) is 6.07 Å². The topological polar surface area (TPSA) is 62.2 Å². The van der Waals surface area contributed by atoms with Gasteiger partial charge in [-0.2, -0.15) is 0 Å². The predicted octanol–water partition coefficient (Wildman–Crippen LogP) is 2.51. The molecule has 156 valence electrons. The van der Waals surface area contributed by atoms with Crippen molar-refractivity contribution in [3.63, 3.8) is 0 Å². The SMILES string of the molecule is CCNC(=NCCc1csc(C)n1)N1CCN(Cc2ccc3c(c2)OCO3)CC1. The van der Waals surface area contributed by atoms with Gasteiger partial charge in [-0.15, -0.1) is 11.3 Å². The van der Waals surface area contributed by atoms with Gasteiger partial charge in [0.05, 0.1) is 10.7 Å². The first-order valence-corrected chi connectivity index (χ1v) is 11.1. The van der Waals surface area contributed by atoms with E-state index in [1.165, 1.54) is 5.56 Å². The summed E-state index contributed by atoms with van der Waals surface area (Å²) in [4.78, 5) is 14.2. The molecule has 7 nitrogen and oxygen atoms in total. The van der Waals surface area contributed by atoms with Gasteiger partial charge in [0.2, 0.25) is 6.79 Å². The highest BCUT2D eigenvalue weighted by atomic mass is 32.1. The standard InChI is InChI=1S/C21H29N5O2S/c1-3-22-21(23-7-6-18-14-29-16(2)24-18)26-10-8-25(9-11-26)13-17-4-5-19-20(12-17)28-15-27-19/h4-5,12,14H,3,6-11,13,15H2,1-2H3,(H,22,23). The lowest BCUT2D eigenvalue weighted by Gasteiger charge is -2.36. The maximum absolute atomic E-state index is 5.50. The Hall–Kier alpha value is -2.32. The molecule has 0 unspecified atom stereocenters. The van der Waals surface area contributed by atoms with Gasteiger partial charge in [0.1, 0.15) is 0 Å². The van der Waals surface area contributed by atoms with Gasteiger partial charge < -0.3 is 19.7 Å². The van der Waals surface area contributed by atoms with E-state index in [2.05, 4.69) is 44.5 Å². The number of guanidine groups is 1. The van der Waals surface area contributed by atoms with E-state index in [4.69, 9.17) is 14.5 Å². The van der Waals surface area contributed by atoms with Crippen LogP contribution in [-0.2, 0) is 13.0 Å². The van der Waals surface area contributed by atoms with E-state index in [0.29, 0.717) is 6.79 Å². The molecule has 0 bridgehead atoms. The molecule has 0 aliphatic carbocycles. The predicted molar refractivity (Wildman–Crippen MR) is 116 cm³/mol. The molecule has 0 radical (unpaired) electrons. The zero-order chi connectivity index (χ0) is 20.1. The molecular formula is C21H29N5O2S. The molecule has 1 fully saturated rings. The van der Waals surface area contributed by atoms with Gasteiger partial charge in [0.25, 0.3) is 0 Å². The second-order valence-corrected chi connectivity index (χ2v) is 8.36. The fraction of sp³-hybridized carbons (Fsp3) is 0.524. The van der Waals surface area contributed by atoms with Crippen LogP contribution in [-0.4, -0.2) is 66.8 Å². The first kappa shape index (κ1) is 20.0. The van der Waals surface area contributed by atoms with Crippen molar-refractivity contribution in [1.29, 1.82) is 0 Å². The van der Waals surface area contributed by atoms with Gasteiger partial charge >= 0.3 is 0 Å². The van der Waals surface area contributed by atoms with Crippen molar-refractivity contribution in [3.8, 4) is 11.5 Å². The third kappa shape index (κ3) is 5.19. The van der Waals surface area contributed by atoms with E-state index in [0.717, 1.165) is 80.4 Å². The summed E-state index contributed by atoms with van der Waals surface area (Å²) in [6.07, 6.45) is 0.892. The molecule has 2 aromatic rings. The maximum atomic E-state index is 5.50. The van der Waals surface area contributed by atoms with Gasteiger partial charge in [-0.3, -0.25) is 9.89 Å². The number of nitrogens with one attached hydrogen (secondary N) is 1. The number of aromatic nitrogens is 1. The lowest BCUT2D eigenvalue weighted by atomic mass is 10.1.